The maximum atomic E-state index is 12.7. The summed E-state index contributed by atoms with van der Waals surface area (Å²) in [6.45, 7) is 8.29. The van der Waals surface area contributed by atoms with E-state index in [0.717, 1.165) is 28.0 Å². The number of nitrogens with zero attached hydrogens (tertiary/aromatic N) is 1. The maximum absolute atomic E-state index is 12.7. The highest BCUT2D eigenvalue weighted by Gasteiger charge is 2.44. The summed E-state index contributed by atoms with van der Waals surface area (Å²) in [4.78, 5) is 17.2. The molecule has 1 aromatic heterocycles. The van der Waals surface area contributed by atoms with Crippen LogP contribution >= 0.6 is 11.3 Å². The molecular weight excluding hydrogens is 394 g/mol. The van der Waals surface area contributed by atoms with E-state index in [9.17, 15) is 18.3 Å². The number of aliphatic hydroxyl groups is 1. The zero-order chi connectivity index (χ0) is 20.7. The average Bonchev–Trinajstić information content (AvgIpc) is 3.14. The van der Waals surface area contributed by atoms with Crippen LogP contribution in [0.3, 0.4) is 0 Å². The first-order valence-electron chi connectivity index (χ1n) is 9.58. The minimum absolute atomic E-state index is 0.0857. The summed E-state index contributed by atoms with van der Waals surface area (Å²) >= 11 is 0.972. The number of aromatic nitrogens is 1. The second-order valence-corrected chi connectivity index (χ2v) is 11.4. The summed E-state index contributed by atoms with van der Waals surface area (Å²) in [7, 11) is -3.81. The van der Waals surface area contributed by atoms with Crippen LogP contribution < -0.4 is 0 Å². The number of Topliss-reactive ketones (excluding diaryl/α,β-unsaturated/α-hetero) is 1. The smallest absolute Gasteiger partial charge is 0.212 e. The van der Waals surface area contributed by atoms with Gasteiger partial charge in [0.25, 0.3) is 0 Å². The van der Waals surface area contributed by atoms with Crippen molar-refractivity contribution in [3.8, 4) is 0 Å². The third-order valence-corrected chi connectivity index (χ3v) is 8.49. The van der Waals surface area contributed by atoms with Crippen molar-refractivity contribution < 1.29 is 18.3 Å². The van der Waals surface area contributed by atoms with E-state index in [1.54, 1.807) is 0 Å². The molecule has 1 fully saturated rings. The second-order valence-electron chi connectivity index (χ2n) is 8.22. The van der Waals surface area contributed by atoms with Crippen LogP contribution in [0.5, 0.6) is 0 Å². The van der Waals surface area contributed by atoms with E-state index in [2.05, 4.69) is 32.7 Å². The van der Waals surface area contributed by atoms with Gasteiger partial charge in [-0.15, -0.1) is 11.3 Å². The summed E-state index contributed by atoms with van der Waals surface area (Å²) in [5.41, 5.74) is 2.20. The van der Waals surface area contributed by atoms with E-state index in [-0.39, 0.29) is 28.4 Å². The average molecular weight is 422 g/mol. The highest BCUT2D eigenvalue weighted by atomic mass is 32.2. The number of sulfone groups is 1. The highest BCUT2D eigenvalue weighted by molar-refractivity contribution is 7.94. The Hall–Kier alpha value is -1.57. The SMILES string of the molecule is CC(C)c1cccc(C(C)C)c1CC(=O)CS(=O)(=O)c1ncc(C2(O)CC2)s1. The Morgan fingerprint density at radius 3 is 2.25 bits per heavy atom. The first-order chi connectivity index (χ1) is 13.0. The molecule has 1 aliphatic carbocycles. The zero-order valence-corrected chi connectivity index (χ0v) is 18.4. The minimum Gasteiger partial charge on any atom is -0.384 e. The van der Waals surface area contributed by atoms with Crippen LogP contribution in [0.1, 0.15) is 73.9 Å². The molecule has 5 nitrogen and oxygen atoms in total. The fourth-order valence-corrected chi connectivity index (χ4v) is 6.02. The van der Waals surface area contributed by atoms with E-state index in [1.165, 1.54) is 6.20 Å². The van der Waals surface area contributed by atoms with Gasteiger partial charge in [0.1, 0.15) is 11.4 Å². The number of thiazole rings is 1. The Labute approximate surface area is 170 Å². The van der Waals surface area contributed by atoms with Gasteiger partial charge in [0.15, 0.2) is 5.78 Å². The molecule has 1 aromatic carbocycles. The molecule has 152 valence electrons. The van der Waals surface area contributed by atoms with Gasteiger partial charge in [-0.3, -0.25) is 4.79 Å². The molecule has 1 saturated carbocycles. The number of benzene rings is 1. The standard InChI is InChI=1S/C21H27NO4S2/c1-13(2)16-6-5-7-17(14(3)4)18(16)10-15(23)12-28(25,26)20-22-11-19(27-20)21(24)8-9-21/h5-7,11,13-14,24H,8-10,12H2,1-4H3. The number of rotatable bonds is 8. The van der Waals surface area contributed by atoms with Gasteiger partial charge in [-0.25, -0.2) is 13.4 Å². The molecule has 0 bridgehead atoms. The van der Waals surface area contributed by atoms with Crippen molar-refractivity contribution in [3.05, 3.63) is 46.0 Å². The van der Waals surface area contributed by atoms with Crippen LogP contribution in [-0.2, 0) is 26.7 Å². The van der Waals surface area contributed by atoms with Gasteiger partial charge in [-0.05, 0) is 41.4 Å². The molecule has 2 aromatic rings. The van der Waals surface area contributed by atoms with E-state index < -0.39 is 21.2 Å². The van der Waals surface area contributed by atoms with Crippen molar-refractivity contribution in [2.75, 3.05) is 5.75 Å². The number of carbonyl (C=O) groups is 1. The monoisotopic (exact) mass is 421 g/mol. The van der Waals surface area contributed by atoms with Gasteiger partial charge >= 0.3 is 0 Å². The predicted octanol–water partition coefficient (Wildman–Crippen LogP) is 3.96. The molecule has 1 heterocycles. The lowest BCUT2D eigenvalue weighted by molar-refractivity contribution is -0.116. The Morgan fingerprint density at radius 1 is 1.18 bits per heavy atom. The van der Waals surface area contributed by atoms with Crippen molar-refractivity contribution in [1.29, 1.82) is 0 Å². The Balaban J connectivity index is 1.81. The van der Waals surface area contributed by atoms with Crippen LogP contribution in [0.4, 0.5) is 0 Å². The quantitative estimate of drug-likeness (QED) is 0.697. The zero-order valence-electron chi connectivity index (χ0n) is 16.7. The van der Waals surface area contributed by atoms with Crippen LogP contribution in [0.15, 0.2) is 28.7 Å². The molecule has 0 aliphatic heterocycles. The third kappa shape index (κ3) is 4.36. The van der Waals surface area contributed by atoms with Crippen LogP contribution in [0, 0.1) is 0 Å². The van der Waals surface area contributed by atoms with Gasteiger partial charge in [0, 0.05) is 12.6 Å². The second kappa shape index (κ2) is 7.69. The van der Waals surface area contributed by atoms with Crippen LogP contribution in [-0.4, -0.2) is 30.0 Å². The fourth-order valence-electron chi connectivity index (χ4n) is 3.41. The van der Waals surface area contributed by atoms with E-state index in [1.807, 2.05) is 18.2 Å². The van der Waals surface area contributed by atoms with Gasteiger partial charge in [0.05, 0.1) is 4.88 Å². The number of ketones is 1. The van der Waals surface area contributed by atoms with Gasteiger partial charge in [0.2, 0.25) is 14.2 Å². The Kier molecular flexibility index (Phi) is 5.81. The Bertz CT molecular complexity index is 959. The molecule has 3 rings (SSSR count). The van der Waals surface area contributed by atoms with E-state index in [0.29, 0.717) is 17.7 Å². The number of carbonyl (C=O) groups excluding carboxylic acids is 1. The minimum atomic E-state index is -3.81. The maximum Gasteiger partial charge on any atom is 0.212 e. The molecule has 28 heavy (non-hydrogen) atoms. The van der Waals surface area contributed by atoms with Crippen LogP contribution in [0.25, 0.3) is 0 Å². The first kappa shape index (κ1) is 21.1. The summed E-state index contributed by atoms with van der Waals surface area (Å²) in [6.07, 6.45) is 2.76. The molecule has 0 saturated heterocycles. The number of hydrogen-bond donors (Lipinski definition) is 1. The van der Waals surface area contributed by atoms with Crippen molar-refractivity contribution in [2.24, 2.45) is 0 Å². The molecular formula is C21H27NO4S2. The molecule has 1 aliphatic rings. The molecule has 7 heteroatoms. The molecule has 1 N–H and O–H groups in total. The topological polar surface area (TPSA) is 84.3 Å². The van der Waals surface area contributed by atoms with Crippen molar-refractivity contribution in [3.63, 3.8) is 0 Å². The van der Waals surface area contributed by atoms with Gasteiger partial charge in [-0.1, -0.05) is 45.9 Å². The van der Waals surface area contributed by atoms with Crippen LogP contribution in [0.2, 0.25) is 0 Å². The first-order valence-corrected chi connectivity index (χ1v) is 12.0. The van der Waals surface area contributed by atoms with Gasteiger partial charge < -0.3 is 5.11 Å². The molecule has 0 amide bonds. The summed E-state index contributed by atoms with van der Waals surface area (Å²) in [5, 5.41) is 10.1. The predicted molar refractivity (Wildman–Crippen MR) is 111 cm³/mol. The lowest BCUT2D eigenvalue weighted by Gasteiger charge is -2.19. The lowest BCUT2D eigenvalue weighted by Crippen LogP contribution is -2.19. The van der Waals surface area contributed by atoms with Crippen molar-refractivity contribution >= 4 is 27.0 Å². The highest BCUT2D eigenvalue weighted by Crippen LogP contribution is 2.47. The van der Waals surface area contributed by atoms with Crippen molar-refractivity contribution in [1.82, 2.24) is 4.98 Å². The molecule has 0 radical (unpaired) electrons. The summed E-state index contributed by atoms with van der Waals surface area (Å²) in [6, 6.07) is 6.02. The largest absolute Gasteiger partial charge is 0.384 e. The van der Waals surface area contributed by atoms with E-state index in [4.69, 9.17) is 0 Å². The lowest BCUT2D eigenvalue weighted by atomic mass is 9.86. The van der Waals surface area contributed by atoms with Gasteiger partial charge in [-0.2, -0.15) is 0 Å². The molecule has 0 spiro atoms. The summed E-state index contributed by atoms with van der Waals surface area (Å²) in [5.74, 6) is -0.405. The molecule has 0 unspecified atom stereocenters. The summed E-state index contributed by atoms with van der Waals surface area (Å²) < 4.78 is 25.3. The normalized spacial score (nSPS) is 16.0. The third-order valence-electron chi connectivity index (χ3n) is 5.15. The number of hydrogen-bond acceptors (Lipinski definition) is 6. The van der Waals surface area contributed by atoms with Crippen molar-refractivity contribution in [2.45, 2.75) is 68.7 Å². The fraction of sp³-hybridized carbons (Fsp3) is 0.524. The van der Waals surface area contributed by atoms with E-state index >= 15 is 0 Å². The Morgan fingerprint density at radius 2 is 1.75 bits per heavy atom. The molecule has 0 atom stereocenters.